The topological polar surface area (TPSA) is 72.2 Å². The van der Waals surface area contributed by atoms with E-state index < -0.39 is 11.7 Å². The fourth-order valence-electron chi connectivity index (χ4n) is 0.621. The molecule has 0 aromatic carbocycles. The summed E-state index contributed by atoms with van der Waals surface area (Å²) in [5, 5.41) is 8.46. The van der Waals surface area contributed by atoms with Crippen molar-refractivity contribution in [2.24, 2.45) is 0 Å². The van der Waals surface area contributed by atoms with Crippen LogP contribution in [0.15, 0.2) is 17.1 Å². The SMILES string of the molecule is [CH2]n1c(C(=O)O)ccnc1=O. The Hall–Kier alpha value is -1.65. The molecule has 0 saturated heterocycles. The highest BCUT2D eigenvalue weighted by Gasteiger charge is 2.06. The van der Waals surface area contributed by atoms with E-state index in [0.29, 0.717) is 0 Å². The predicted molar refractivity (Wildman–Crippen MR) is 36.2 cm³/mol. The second-order valence-electron chi connectivity index (χ2n) is 1.85. The third-order valence-electron chi connectivity index (χ3n) is 1.16. The maximum atomic E-state index is 10.7. The first-order valence-electron chi connectivity index (χ1n) is 2.75. The number of hydrogen-bond acceptors (Lipinski definition) is 3. The molecule has 1 heterocycles. The van der Waals surface area contributed by atoms with Gasteiger partial charge >= 0.3 is 11.7 Å². The van der Waals surface area contributed by atoms with Gasteiger partial charge in [-0.15, -0.1) is 0 Å². The summed E-state index contributed by atoms with van der Waals surface area (Å²) in [4.78, 5) is 24.3. The summed E-state index contributed by atoms with van der Waals surface area (Å²) in [6.07, 6.45) is 1.13. The van der Waals surface area contributed by atoms with Gasteiger partial charge in [0.2, 0.25) is 0 Å². The minimum atomic E-state index is -1.19. The molecule has 1 radical (unpaired) electrons. The number of aromatic nitrogens is 2. The molecule has 0 unspecified atom stereocenters. The lowest BCUT2D eigenvalue weighted by Gasteiger charge is -1.98. The van der Waals surface area contributed by atoms with Gasteiger partial charge in [0.05, 0.1) is 0 Å². The number of nitrogens with zero attached hydrogens (tertiary/aromatic N) is 2. The molecule has 0 bridgehead atoms. The van der Waals surface area contributed by atoms with Crippen molar-refractivity contribution in [2.75, 3.05) is 0 Å². The molecule has 0 aliphatic heterocycles. The van der Waals surface area contributed by atoms with Gasteiger partial charge in [0, 0.05) is 13.2 Å². The fourth-order valence-corrected chi connectivity index (χ4v) is 0.621. The normalized spacial score (nSPS) is 9.55. The average molecular weight is 153 g/mol. The molecule has 5 heteroatoms. The Bertz CT molecular complexity index is 342. The number of carbonyl (C=O) groups is 1. The lowest BCUT2D eigenvalue weighted by molar-refractivity contribution is 0.0686. The summed E-state index contributed by atoms with van der Waals surface area (Å²) in [5.74, 6) is -1.19. The van der Waals surface area contributed by atoms with E-state index in [-0.39, 0.29) is 5.69 Å². The summed E-state index contributed by atoms with van der Waals surface area (Å²) < 4.78 is 0.725. The van der Waals surface area contributed by atoms with Crippen LogP contribution in [0.25, 0.3) is 0 Å². The van der Waals surface area contributed by atoms with Crippen LogP contribution in [-0.2, 0) is 0 Å². The van der Waals surface area contributed by atoms with Gasteiger partial charge in [0.1, 0.15) is 5.69 Å². The molecule has 1 aromatic heterocycles. The number of aromatic carboxylic acids is 1. The zero-order valence-electron chi connectivity index (χ0n) is 5.52. The zero-order valence-corrected chi connectivity index (χ0v) is 5.52. The largest absolute Gasteiger partial charge is 0.477 e. The van der Waals surface area contributed by atoms with E-state index >= 15 is 0 Å². The first kappa shape index (κ1) is 7.46. The molecule has 1 aromatic rings. The van der Waals surface area contributed by atoms with Crippen LogP contribution in [0.2, 0.25) is 0 Å². The molecule has 0 atom stereocenters. The van der Waals surface area contributed by atoms with E-state index in [4.69, 9.17) is 5.11 Å². The standard InChI is InChI=1S/C6H5N2O3/c1-8-4(5(9)10)2-3-7-6(8)11/h2-3H,1H2,(H,9,10). The Balaban J connectivity index is 3.39. The Morgan fingerprint density at radius 2 is 2.36 bits per heavy atom. The lowest BCUT2D eigenvalue weighted by atomic mass is 10.4. The van der Waals surface area contributed by atoms with Crippen LogP contribution in [0.3, 0.4) is 0 Å². The highest BCUT2D eigenvalue weighted by Crippen LogP contribution is 1.91. The second kappa shape index (κ2) is 2.53. The van der Waals surface area contributed by atoms with E-state index in [0.717, 1.165) is 10.8 Å². The van der Waals surface area contributed by atoms with Crippen LogP contribution >= 0.6 is 0 Å². The van der Waals surface area contributed by atoms with E-state index in [1.165, 1.54) is 6.07 Å². The van der Waals surface area contributed by atoms with E-state index in [2.05, 4.69) is 12.0 Å². The monoisotopic (exact) mass is 153 g/mol. The fraction of sp³-hybridized carbons (Fsp3) is 0. The maximum Gasteiger partial charge on any atom is 0.352 e. The molecule has 0 fully saturated rings. The van der Waals surface area contributed by atoms with Crippen molar-refractivity contribution in [3.8, 4) is 0 Å². The highest BCUT2D eigenvalue weighted by molar-refractivity contribution is 5.85. The molecule has 0 saturated carbocycles. The molecule has 11 heavy (non-hydrogen) atoms. The van der Waals surface area contributed by atoms with Crippen LogP contribution in [0.5, 0.6) is 0 Å². The zero-order chi connectivity index (χ0) is 8.43. The number of carboxylic acids is 1. The number of carboxylic acid groups (broad SMARTS) is 1. The molecule has 0 aliphatic carbocycles. The summed E-state index contributed by atoms with van der Waals surface area (Å²) in [6.45, 7) is 0. The summed E-state index contributed by atoms with van der Waals surface area (Å²) in [5.41, 5.74) is -0.852. The molecule has 0 spiro atoms. The summed E-state index contributed by atoms with van der Waals surface area (Å²) in [6, 6.07) is 1.21. The van der Waals surface area contributed by atoms with Crippen molar-refractivity contribution in [3.05, 3.63) is 35.5 Å². The quantitative estimate of drug-likeness (QED) is 0.594. The second-order valence-corrected chi connectivity index (χ2v) is 1.85. The maximum absolute atomic E-state index is 10.7. The van der Waals surface area contributed by atoms with Gasteiger partial charge in [-0.3, -0.25) is 4.57 Å². The van der Waals surface area contributed by atoms with Crippen molar-refractivity contribution in [2.45, 2.75) is 0 Å². The van der Waals surface area contributed by atoms with E-state index in [1.807, 2.05) is 0 Å². The minimum Gasteiger partial charge on any atom is -0.477 e. The molecule has 0 amide bonds. The van der Waals surface area contributed by atoms with Crippen molar-refractivity contribution in [1.29, 1.82) is 0 Å². The van der Waals surface area contributed by atoms with Crippen molar-refractivity contribution >= 4 is 5.97 Å². The summed E-state index contributed by atoms with van der Waals surface area (Å²) >= 11 is 0. The predicted octanol–water partition coefficient (Wildman–Crippen LogP) is -0.419. The van der Waals surface area contributed by atoms with E-state index in [9.17, 15) is 9.59 Å². The molecule has 1 rings (SSSR count). The molecule has 57 valence electrons. The lowest BCUT2D eigenvalue weighted by Crippen LogP contribution is -2.23. The Morgan fingerprint density at radius 1 is 1.73 bits per heavy atom. The van der Waals surface area contributed by atoms with Gasteiger partial charge in [-0.05, 0) is 6.07 Å². The number of hydrogen-bond donors (Lipinski definition) is 1. The van der Waals surface area contributed by atoms with Crippen molar-refractivity contribution < 1.29 is 9.90 Å². The molecular weight excluding hydrogens is 148 g/mol. The third kappa shape index (κ3) is 1.26. The Kier molecular flexibility index (Phi) is 1.72. The van der Waals surface area contributed by atoms with Crippen LogP contribution in [0.1, 0.15) is 10.5 Å². The smallest absolute Gasteiger partial charge is 0.352 e. The van der Waals surface area contributed by atoms with Gasteiger partial charge in [0.15, 0.2) is 0 Å². The molecule has 0 aliphatic rings. The third-order valence-corrected chi connectivity index (χ3v) is 1.16. The van der Waals surface area contributed by atoms with Crippen molar-refractivity contribution in [1.82, 2.24) is 9.55 Å². The molecule has 5 nitrogen and oxygen atoms in total. The number of rotatable bonds is 1. The summed E-state index contributed by atoms with van der Waals surface area (Å²) in [7, 11) is 3.20. The van der Waals surface area contributed by atoms with Gasteiger partial charge in [-0.2, -0.15) is 0 Å². The van der Waals surface area contributed by atoms with Gasteiger partial charge in [0.25, 0.3) is 0 Å². The van der Waals surface area contributed by atoms with E-state index in [1.54, 1.807) is 0 Å². The van der Waals surface area contributed by atoms with Crippen molar-refractivity contribution in [3.63, 3.8) is 0 Å². The first-order chi connectivity index (χ1) is 5.13. The van der Waals surface area contributed by atoms with Crippen LogP contribution in [0, 0.1) is 7.05 Å². The van der Waals surface area contributed by atoms with Crippen LogP contribution in [-0.4, -0.2) is 20.6 Å². The first-order valence-corrected chi connectivity index (χ1v) is 2.75. The average Bonchev–Trinajstić information content (AvgIpc) is 1.94. The minimum absolute atomic E-state index is 0.176. The van der Waals surface area contributed by atoms with Crippen LogP contribution < -0.4 is 5.69 Å². The molecular formula is C6H5N2O3. The highest BCUT2D eigenvalue weighted by atomic mass is 16.4. The van der Waals surface area contributed by atoms with Gasteiger partial charge < -0.3 is 5.11 Å². The Morgan fingerprint density at radius 3 is 2.82 bits per heavy atom. The van der Waals surface area contributed by atoms with Gasteiger partial charge in [-0.1, -0.05) is 0 Å². The Labute approximate surface area is 61.9 Å². The van der Waals surface area contributed by atoms with Crippen LogP contribution in [0.4, 0.5) is 0 Å². The molecule has 1 N–H and O–H groups in total. The van der Waals surface area contributed by atoms with Gasteiger partial charge in [-0.25, -0.2) is 14.6 Å².